The van der Waals surface area contributed by atoms with Crippen molar-refractivity contribution in [2.45, 2.75) is 0 Å². The van der Waals surface area contributed by atoms with Gasteiger partial charge in [-0.05, 0) is 35.9 Å². The number of carbonyl (C=O) groups is 3. The summed E-state index contributed by atoms with van der Waals surface area (Å²) in [7, 11) is 4.48. The fourth-order valence-electron chi connectivity index (χ4n) is 2.86. The van der Waals surface area contributed by atoms with Crippen molar-refractivity contribution in [3.63, 3.8) is 0 Å². The zero-order valence-electron chi connectivity index (χ0n) is 17.9. The third kappa shape index (κ3) is 5.59. The van der Waals surface area contributed by atoms with E-state index in [9.17, 15) is 14.4 Å². The van der Waals surface area contributed by atoms with Crippen molar-refractivity contribution >= 4 is 52.1 Å². The quantitative estimate of drug-likeness (QED) is 0.341. The van der Waals surface area contributed by atoms with E-state index in [1.54, 1.807) is 18.2 Å². The van der Waals surface area contributed by atoms with Gasteiger partial charge in [0.15, 0.2) is 11.5 Å². The predicted octanol–water partition coefficient (Wildman–Crippen LogP) is 1.77. The summed E-state index contributed by atoms with van der Waals surface area (Å²) in [4.78, 5) is 42.4. The van der Waals surface area contributed by atoms with E-state index in [-0.39, 0.29) is 10.9 Å². The van der Waals surface area contributed by atoms with Crippen LogP contribution >= 0.6 is 24.0 Å². The van der Waals surface area contributed by atoms with E-state index in [1.165, 1.54) is 45.9 Å². The highest BCUT2D eigenvalue weighted by Crippen LogP contribution is 2.40. The second-order valence-electron chi connectivity index (χ2n) is 6.46. The Hall–Kier alpha value is -3.64. The Kier molecular flexibility index (Phi) is 7.85. The maximum atomic E-state index is 12.8. The van der Waals surface area contributed by atoms with E-state index in [2.05, 4.69) is 15.8 Å². The molecular formula is C21H20N4O6S2. The maximum Gasteiger partial charge on any atom is 0.269 e. The van der Waals surface area contributed by atoms with E-state index in [4.69, 9.17) is 26.4 Å². The maximum absolute atomic E-state index is 12.8. The summed E-state index contributed by atoms with van der Waals surface area (Å²) in [6, 6.07) is 6.37. The highest BCUT2D eigenvalue weighted by Gasteiger charge is 2.33. The Bertz CT molecular complexity index is 1100. The lowest BCUT2D eigenvalue weighted by Gasteiger charge is -2.14. The molecule has 172 valence electrons. The first-order chi connectivity index (χ1) is 15.9. The number of thiocarbonyl (C=S) groups is 1. The van der Waals surface area contributed by atoms with Gasteiger partial charge < -0.3 is 14.2 Å². The molecule has 1 aliphatic heterocycles. The minimum Gasteiger partial charge on any atom is -0.493 e. The minimum atomic E-state index is -0.609. The zero-order chi connectivity index (χ0) is 24.0. The molecular weight excluding hydrogens is 468 g/mol. The molecule has 3 amide bonds. The molecule has 2 aromatic rings. The molecule has 33 heavy (non-hydrogen) atoms. The Balaban J connectivity index is 1.68. The zero-order valence-corrected chi connectivity index (χ0v) is 19.5. The number of nitrogens with one attached hydrogen (secondary N) is 2. The molecule has 0 atom stereocenters. The minimum absolute atomic E-state index is 0.217. The number of thioether (sulfide) groups is 1. The first kappa shape index (κ1) is 24.0. The van der Waals surface area contributed by atoms with Crippen LogP contribution in [0.4, 0.5) is 0 Å². The molecule has 1 saturated heterocycles. The summed E-state index contributed by atoms with van der Waals surface area (Å²) >= 11 is 6.32. The van der Waals surface area contributed by atoms with Crippen molar-refractivity contribution in [3.05, 3.63) is 52.7 Å². The van der Waals surface area contributed by atoms with Crippen LogP contribution in [0.3, 0.4) is 0 Å². The molecule has 1 fully saturated rings. The van der Waals surface area contributed by atoms with Crippen LogP contribution in [-0.2, 0) is 9.59 Å². The number of amides is 3. The van der Waals surface area contributed by atoms with Crippen molar-refractivity contribution in [2.24, 2.45) is 0 Å². The van der Waals surface area contributed by atoms with E-state index < -0.39 is 17.7 Å². The third-order valence-electron chi connectivity index (χ3n) is 4.42. The van der Waals surface area contributed by atoms with Crippen LogP contribution in [-0.4, -0.2) is 59.8 Å². The first-order valence-electron chi connectivity index (χ1n) is 9.42. The lowest BCUT2D eigenvalue weighted by atomic mass is 10.1. The standard InChI is InChI=1S/C21H20N4O6S2/c1-29-14-8-12(9-15(30-2)18(14)31-3)10-16-20(28)25(21(32)33-16)11-17(26)23-24-19(27)13-4-6-22-7-5-13/h4-10H,11H2,1-3H3,(H,23,26)(H,24,27). The van der Waals surface area contributed by atoms with Gasteiger partial charge in [-0.15, -0.1) is 0 Å². The topological polar surface area (TPSA) is 119 Å². The molecule has 0 saturated carbocycles. The highest BCUT2D eigenvalue weighted by molar-refractivity contribution is 8.26. The van der Waals surface area contributed by atoms with Crippen molar-refractivity contribution in [3.8, 4) is 17.2 Å². The van der Waals surface area contributed by atoms with Crippen LogP contribution in [0.25, 0.3) is 6.08 Å². The number of ether oxygens (including phenoxy) is 3. The second kappa shape index (κ2) is 10.8. The van der Waals surface area contributed by atoms with Crippen LogP contribution in [0.2, 0.25) is 0 Å². The number of carbonyl (C=O) groups excluding carboxylic acids is 3. The first-order valence-corrected chi connectivity index (χ1v) is 10.6. The van der Waals surface area contributed by atoms with Crippen LogP contribution < -0.4 is 25.1 Å². The lowest BCUT2D eigenvalue weighted by molar-refractivity contribution is -0.129. The van der Waals surface area contributed by atoms with E-state index >= 15 is 0 Å². The molecule has 1 aromatic carbocycles. The molecule has 2 heterocycles. The number of benzene rings is 1. The molecule has 2 N–H and O–H groups in total. The Morgan fingerprint density at radius 2 is 1.73 bits per heavy atom. The van der Waals surface area contributed by atoms with Gasteiger partial charge in [-0.25, -0.2) is 0 Å². The van der Waals surface area contributed by atoms with Gasteiger partial charge in [-0.1, -0.05) is 24.0 Å². The van der Waals surface area contributed by atoms with Gasteiger partial charge in [-0.2, -0.15) is 0 Å². The fraction of sp³-hybridized carbons (Fsp3) is 0.190. The molecule has 1 aromatic heterocycles. The largest absolute Gasteiger partial charge is 0.493 e. The number of rotatable bonds is 7. The molecule has 3 rings (SSSR count). The van der Waals surface area contributed by atoms with Gasteiger partial charge in [0, 0.05) is 18.0 Å². The molecule has 0 spiro atoms. The van der Waals surface area contributed by atoms with E-state index in [0.29, 0.717) is 33.3 Å². The molecule has 1 aliphatic rings. The van der Waals surface area contributed by atoms with Gasteiger partial charge in [0.1, 0.15) is 10.9 Å². The number of aromatic nitrogens is 1. The number of hydrogen-bond acceptors (Lipinski definition) is 9. The number of nitrogens with zero attached hydrogens (tertiary/aromatic N) is 2. The van der Waals surface area contributed by atoms with Crippen molar-refractivity contribution < 1.29 is 28.6 Å². The molecule has 0 radical (unpaired) electrons. The number of hydrazine groups is 1. The summed E-state index contributed by atoms with van der Waals surface area (Å²) in [5.41, 5.74) is 5.50. The third-order valence-corrected chi connectivity index (χ3v) is 5.80. The Morgan fingerprint density at radius 3 is 2.30 bits per heavy atom. The van der Waals surface area contributed by atoms with Gasteiger partial charge in [0.2, 0.25) is 5.75 Å². The van der Waals surface area contributed by atoms with Gasteiger partial charge in [-0.3, -0.25) is 35.1 Å². The van der Waals surface area contributed by atoms with E-state index in [1.807, 2.05) is 0 Å². The predicted molar refractivity (Wildman–Crippen MR) is 126 cm³/mol. The summed E-state index contributed by atoms with van der Waals surface area (Å²) < 4.78 is 16.2. The lowest BCUT2D eigenvalue weighted by Crippen LogP contribution is -2.47. The van der Waals surface area contributed by atoms with Gasteiger partial charge >= 0.3 is 0 Å². The normalized spacial score (nSPS) is 14.3. The summed E-state index contributed by atoms with van der Waals surface area (Å²) in [6.45, 7) is -0.353. The summed E-state index contributed by atoms with van der Waals surface area (Å²) in [5.74, 6) is -0.267. The number of pyridine rings is 1. The fourth-order valence-corrected chi connectivity index (χ4v) is 4.11. The van der Waals surface area contributed by atoms with Crippen LogP contribution in [0.5, 0.6) is 17.2 Å². The monoisotopic (exact) mass is 488 g/mol. The molecule has 0 bridgehead atoms. The average Bonchev–Trinajstić information content (AvgIpc) is 3.09. The molecule has 12 heteroatoms. The van der Waals surface area contributed by atoms with Crippen LogP contribution in [0.1, 0.15) is 15.9 Å². The Labute approximate surface area is 199 Å². The van der Waals surface area contributed by atoms with Crippen LogP contribution in [0.15, 0.2) is 41.6 Å². The summed E-state index contributed by atoms with van der Waals surface area (Å²) in [5, 5.41) is 0. The number of hydrogen-bond donors (Lipinski definition) is 2. The van der Waals surface area contributed by atoms with Gasteiger partial charge in [0.25, 0.3) is 17.7 Å². The van der Waals surface area contributed by atoms with Gasteiger partial charge in [0.05, 0.1) is 26.2 Å². The van der Waals surface area contributed by atoms with Crippen molar-refractivity contribution in [2.75, 3.05) is 27.9 Å². The van der Waals surface area contributed by atoms with Crippen molar-refractivity contribution in [1.82, 2.24) is 20.7 Å². The molecule has 10 nitrogen and oxygen atoms in total. The average molecular weight is 489 g/mol. The van der Waals surface area contributed by atoms with Crippen LogP contribution in [0, 0.1) is 0 Å². The van der Waals surface area contributed by atoms with E-state index in [0.717, 1.165) is 16.7 Å². The Morgan fingerprint density at radius 1 is 1.09 bits per heavy atom. The molecule has 0 unspecified atom stereocenters. The second-order valence-corrected chi connectivity index (χ2v) is 8.14. The smallest absolute Gasteiger partial charge is 0.269 e. The SMILES string of the molecule is COc1cc(C=C2SC(=S)N(CC(=O)NNC(=O)c3ccncc3)C2=O)cc(OC)c1OC. The highest BCUT2D eigenvalue weighted by atomic mass is 32.2. The number of methoxy groups -OCH3 is 3. The van der Waals surface area contributed by atoms with Crippen molar-refractivity contribution in [1.29, 1.82) is 0 Å². The molecule has 0 aliphatic carbocycles. The summed E-state index contributed by atoms with van der Waals surface area (Å²) in [6.07, 6.45) is 4.53.